The first-order chi connectivity index (χ1) is 10.1. The van der Waals surface area contributed by atoms with Crippen molar-refractivity contribution in [3.8, 4) is 11.5 Å². The van der Waals surface area contributed by atoms with Crippen LogP contribution in [0.2, 0.25) is 0 Å². The van der Waals surface area contributed by atoms with E-state index in [-0.39, 0.29) is 11.8 Å². The van der Waals surface area contributed by atoms with Gasteiger partial charge in [-0.3, -0.25) is 5.41 Å². The highest BCUT2D eigenvalue weighted by Gasteiger charge is 2.15. The number of rotatable bonds is 6. The van der Waals surface area contributed by atoms with Crippen molar-refractivity contribution in [3.05, 3.63) is 59.7 Å². The maximum atomic E-state index is 7.84. The van der Waals surface area contributed by atoms with Gasteiger partial charge in [-0.2, -0.15) is 0 Å². The molecule has 2 aromatic rings. The van der Waals surface area contributed by atoms with Crippen molar-refractivity contribution in [1.29, 1.82) is 5.41 Å². The molecule has 0 aliphatic rings. The van der Waals surface area contributed by atoms with Crippen LogP contribution in [0.25, 0.3) is 0 Å². The van der Waals surface area contributed by atoms with Crippen LogP contribution >= 0.6 is 0 Å². The van der Waals surface area contributed by atoms with Gasteiger partial charge in [0.1, 0.15) is 11.5 Å². The molecule has 0 amide bonds. The first-order valence-electron chi connectivity index (χ1n) is 6.75. The summed E-state index contributed by atoms with van der Waals surface area (Å²) in [5.41, 5.74) is 7.90. The van der Waals surface area contributed by atoms with Gasteiger partial charge in [0.25, 0.3) is 0 Å². The Kier molecular flexibility index (Phi) is 4.82. The van der Waals surface area contributed by atoms with Crippen LogP contribution in [0.1, 0.15) is 17.0 Å². The standard InChI is InChI=1S/C17H20N2O2/c1-20-14-7-3-12(4-8-14)11-16(17(18)19)13-5-9-15(21-2)10-6-13/h3-10,16H,11H2,1-2H3,(H3,18,19). The van der Waals surface area contributed by atoms with E-state index in [0.717, 1.165) is 22.6 Å². The van der Waals surface area contributed by atoms with E-state index in [1.54, 1.807) is 14.2 Å². The molecule has 0 radical (unpaired) electrons. The van der Waals surface area contributed by atoms with Crippen LogP contribution in [-0.2, 0) is 6.42 Å². The maximum Gasteiger partial charge on any atom is 0.118 e. The average Bonchev–Trinajstić information content (AvgIpc) is 2.53. The summed E-state index contributed by atoms with van der Waals surface area (Å²) in [6.45, 7) is 0. The summed E-state index contributed by atoms with van der Waals surface area (Å²) in [5.74, 6) is 1.65. The quantitative estimate of drug-likeness (QED) is 0.633. The van der Waals surface area contributed by atoms with Crippen LogP contribution in [-0.4, -0.2) is 20.1 Å². The lowest BCUT2D eigenvalue weighted by Crippen LogP contribution is -2.22. The van der Waals surface area contributed by atoms with Crippen molar-refractivity contribution in [3.63, 3.8) is 0 Å². The van der Waals surface area contributed by atoms with Crippen LogP contribution in [0.15, 0.2) is 48.5 Å². The van der Waals surface area contributed by atoms with E-state index in [9.17, 15) is 0 Å². The summed E-state index contributed by atoms with van der Waals surface area (Å²) in [4.78, 5) is 0. The van der Waals surface area contributed by atoms with Crippen LogP contribution < -0.4 is 15.2 Å². The Balaban J connectivity index is 2.19. The van der Waals surface area contributed by atoms with Crippen LogP contribution in [0.5, 0.6) is 11.5 Å². The second kappa shape index (κ2) is 6.79. The lowest BCUT2D eigenvalue weighted by molar-refractivity contribution is 0.414. The SMILES string of the molecule is COc1ccc(CC(C(=N)N)c2ccc(OC)cc2)cc1. The number of nitrogens with one attached hydrogen (secondary N) is 1. The van der Waals surface area contributed by atoms with Gasteiger partial charge in [0.05, 0.1) is 20.1 Å². The molecule has 0 saturated carbocycles. The molecule has 0 aliphatic carbocycles. The van der Waals surface area contributed by atoms with Crippen LogP contribution in [0.4, 0.5) is 0 Å². The molecule has 4 nitrogen and oxygen atoms in total. The predicted molar refractivity (Wildman–Crippen MR) is 84.3 cm³/mol. The van der Waals surface area contributed by atoms with E-state index in [1.165, 1.54) is 0 Å². The second-order valence-electron chi connectivity index (χ2n) is 4.83. The van der Waals surface area contributed by atoms with Gasteiger partial charge in [-0.1, -0.05) is 24.3 Å². The molecule has 0 aliphatic heterocycles. The van der Waals surface area contributed by atoms with E-state index in [0.29, 0.717) is 6.42 Å². The summed E-state index contributed by atoms with van der Waals surface area (Å²) in [5, 5.41) is 7.84. The molecule has 4 heteroatoms. The monoisotopic (exact) mass is 284 g/mol. The molecule has 0 saturated heterocycles. The minimum Gasteiger partial charge on any atom is -0.497 e. The molecule has 2 aromatic carbocycles. The fraction of sp³-hybridized carbons (Fsp3) is 0.235. The minimum atomic E-state index is -0.135. The molecular weight excluding hydrogens is 264 g/mol. The Morgan fingerprint density at radius 1 is 0.952 bits per heavy atom. The number of nitrogens with two attached hydrogens (primary N) is 1. The molecule has 1 unspecified atom stereocenters. The molecule has 0 spiro atoms. The molecular formula is C17H20N2O2. The highest BCUT2D eigenvalue weighted by molar-refractivity contribution is 5.84. The number of hydrogen-bond acceptors (Lipinski definition) is 3. The molecule has 3 N–H and O–H groups in total. The minimum absolute atomic E-state index is 0.135. The Morgan fingerprint density at radius 3 is 1.86 bits per heavy atom. The van der Waals surface area contributed by atoms with E-state index < -0.39 is 0 Å². The van der Waals surface area contributed by atoms with Gasteiger partial charge >= 0.3 is 0 Å². The van der Waals surface area contributed by atoms with Gasteiger partial charge in [0.15, 0.2) is 0 Å². The fourth-order valence-electron chi connectivity index (χ4n) is 2.24. The third-order valence-corrected chi connectivity index (χ3v) is 3.49. The summed E-state index contributed by atoms with van der Waals surface area (Å²) in [6, 6.07) is 15.5. The van der Waals surface area contributed by atoms with Crippen molar-refractivity contribution >= 4 is 5.84 Å². The lowest BCUT2D eigenvalue weighted by Gasteiger charge is -2.16. The summed E-state index contributed by atoms with van der Waals surface area (Å²) in [6.07, 6.45) is 0.686. The maximum absolute atomic E-state index is 7.84. The Hall–Kier alpha value is -2.49. The lowest BCUT2D eigenvalue weighted by atomic mass is 9.91. The smallest absolute Gasteiger partial charge is 0.118 e. The number of amidine groups is 1. The van der Waals surface area contributed by atoms with Crippen molar-refractivity contribution < 1.29 is 9.47 Å². The topological polar surface area (TPSA) is 68.3 Å². The predicted octanol–water partition coefficient (Wildman–Crippen LogP) is 2.97. The first kappa shape index (κ1) is 14.9. The number of ether oxygens (including phenoxy) is 2. The van der Waals surface area contributed by atoms with Crippen molar-refractivity contribution in [1.82, 2.24) is 0 Å². The molecule has 2 rings (SSSR count). The largest absolute Gasteiger partial charge is 0.497 e. The Labute approximate surface area is 125 Å². The van der Waals surface area contributed by atoms with Crippen molar-refractivity contribution in [2.24, 2.45) is 5.73 Å². The Bertz CT molecular complexity index is 591. The van der Waals surface area contributed by atoms with E-state index in [1.807, 2.05) is 48.5 Å². The molecule has 0 fully saturated rings. The molecule has 1 atom stereocenters. The zero-order valence-electron chi connectivity index (χ0n) is 12.3. The molecule has 0 aromatic heterocycles. The van der Waals surface area contributed by atoms with Crippen molar-refractivity contribution in [2.75, 3.05) is 14.2 Å². The van der Waals surface area contributed by atoms with Gasteiger partial charge in [-0.25, -0.2) is 0 Å². The summed E-state index contributed by atoms with van der Waals surface area (Å²) >= 11 is 0. The molecule has 110 valence electrons. The van der Waals surface area contributed by atoms with Crippen LogP contribution in [0.3, 0.4) is 0 Å². The third kappa shape index (κ3) is 3.75. The zero-order valence-corrected chi connectivity index (χ0v) is 12.3. The van der Waals surface area contributed by atoms with Gasteiger partial charge < -0.3 is 15.2 Å². The fourth-order valence-corrected chi connectivity index (χ4v) is 2.24. The van der Waals surface area contributed by atoms with Crippen LogP contribution in [0, 0.1) is 5.41 Å². The Morgan fingerprint density at radius 2 is 1.43 bits per heavy atom. The third-order valence-electron chi connectivity index (χ3n) is 3.49. The molecule has 21 heavy (non-hydrogen) atoms. The second-order valence-corrected chi connectivity index (χ2v) is 4.83. The van der Waals surface area contributed by atoms with Gasteiger partial charge in [0.2, 0.25) is 0 Å². The first-order valence-corrected chi connectivity index (χ1v) is 6.75. The highest BCUT2D eigenvalue weighted by Crippen LogP contribution is 2.24. The van der Waals surface area contributed by atoms with E-state index in [2.05, 4.69) is 0 Å². The normalized spacial score (nSPS) is 11.7. The molecule has 0 heterocycles. The summed E-state index contributed by atoms with van der Waals surface area (Å²) < 4.78 is 10.3. The van der Waals surface area contributed by atoms with Crippen molar-refractivity contribution in [2.45, 2.75) is 12.3 Å². The average molecular weight is 284 g/mol. The number of methoxy groups -OCH3 is 2. The van der Waals surface area contributed by atoms with E-state index >= 15 is 0 Å². The van der Waals surface area contributed by atoms with Gasteiger partial charge in [-0.05, 0) is 41.8 Å². The number of benzene rings is 2. The zero-order chi connectivity index (χ0) is 15.2. The van der Waals surface area contributed by atoms with Gasteiger partial charge in [0, 0.05) is 5.92 Å². The summed E-state index contributed by atoms with van der Waals surface area (Å²) in [7, 11) is 3.28. The van der Waals surface area contributed by atoms with Gasteiger partial charge in [-0.15, -0.1) is 0 Å². The molecule has 0 bridgehead atoms. The highest BCUT2D eigenvalue weighted by atomic mass is 16.5. The van der Waals surface area contributed by atoms with E-state index in [4.69, 9.17) is 20.6 Å². The number of hydrogen-bond donors (Lipinski definition) is 2.